The van der Waals surface area contributed by atoms with Gasteiger partial charge in [0.25, 0.3) is 5.91 Å². The van der Waals surface area contributed by atoms with Crippen molar-refractivity contribution in [3.8, 4) is 0 Å². The highest BCUT2D eigenvalue weighted by molar-refractivity contribution is 6.31. The molecule has 1 atom stereocenters. The minimum atomic E-state index is -4.78. The standard InChI is InChI=1S/C17H16ClF3N4O3/c18-12-4-9-6-25(5-8(9)3-11(12)17(19,20)21)15(28)22-7-16(10-1-2-10)13(26)23-14(27)24-16/h3-4,10H,1-2,5-7H2,(H,22,28)(H2,23,24,26,27)/t16-/m0/s1/i5D2. The van der Waals surface area contributed by atoms with Crippen LogP contribution in [0, 0.1) is 5.92 Å². The number of rotatable bonds is 3. The number of urea groups is 2. The van der Waals surface area contributed by atoms with Gasteiger partial charge in [-0.3, -0.25) is 10.1 Å². The van der Waals surface area contributed by atoms with E-state index in [0.29, 0.717) is 18.9 Å². The zero-order valence-electron chi connectivity index (χ0n) is 16.2. The van der Waals surface area contributed by atoms with Gasteiger partial charge in [0.05, 0.1) is 19.9 Å². The fourth-order valence-corrected chi connectivity index (χ4v) is 3.79. The van der Waals surface area contributed by atoms with Crippen LogP contribution in [0.3, 0.4) is 0 Å². The second-order valence-corrected chi connectivity index (χ2v) is 7.40. The van der Waals surface area contributed by atoms with Crippen LogP contribution < -0.4 is 16.0 Å². The predicted molar refractivity (Wildman–Crippen MR) is 91.2 cm³/mol. The largest absolute Gasteiger partial charge is 0.417 e. The van der Waals surface area contributed by atoms with E-state index in [9.17, 15) is 27.6 Å². The van der Waals surface area contributed by atoms with Gasteiger partial charge in [-0.05, 0) is 42.0 Å². The van der Waals surface area contributed by atoms with E-state index in [1.165, 1.54) is 0 Å². The molecular formula is C17H16ClF3N4O3. The van der Waals surface area contributed by atoms with Gasteiger partial charge in [-0.2, -0.15) is 13.2 Å². The Bertz CT molecular complexity index is 970. The summed E-state index contributed by atoms with van der Waals surface area (Å²) in [7, 11) is 0. The molecule has 3 N–H and O–H groups in total. The van der Waals surface area contributed by atoms with Crippen molar-refractivity contribution < 1.29 is 30.3 Å². The van der Waals surface area contributed by atoms with Gasteiger partial charge in [-0.1, -0.05) is 11.6 Å². The molecule has 7 nitrogen and oxygen atoms in total. The van der Waals surface area contributed by atoms with Gasteiger partial charge in [0, 0.05) is 13.0 Å². The molecule has 11 heteroatoms. The Morgan fingerprint density at radius 1 is 1.36 bits per heavy atom. The molecule has 5 amide bonds. The first-order chi connectivity index (χ1) is 13.9. The van der Waals surface area contributed by atoms with Crippen LogP contribution >= 0.6 is 11.6 Å². The van der Waals surface area contributed by atoms with E-state index < -0.39 is 46.8 Å². The summed E-state index contributed by atoms with van der Waals surface area (Å²) in [4.78, 5) is 37.2. The third-order valence-electron chi connectivity index (χ3n) is 5.09. The Labute approximate surface area is 165 Å². The summed E-state index contributed by atoms with van der Waals surface area (Å²) in [6.45, 7) is -3.11. The van der Waals surface area contributed by atoms with Gasteiger partial charge < -0.3 is 15.5 Å². The van der Waals surface area contributed by atoms with Crippen molar-refractivity contribution in [1.82, 2.24) is 20.9 Å². The lowest BCUT2D eigenvalue weighted by Gasteiger charge is -2.27. The van der Waals surface area contributed by atoms with Crippen LogP contribution in [0.5, 0.6) is 0 Å². The second-order valence-electron chi connectivity index (χ2n) is 7.00. The van der Waals surface area contributed by atoms with E-state index in [-0.39, 0.29) is 30.1 Å². The molecule has 2 fully saturated rings. The number of carbonyl (C=O) groups is 3. The molecule has 0 radical (unpaired) electrons. The lowest BCUT2D eigenvalue weighted by atomic mass is 9.93. The maximum absolute atomic E-state index is 13.1. The number of hydrogen-bond donors (Lipinski definition) is 3. The Morgan fingerprint density at radius 2 is 2.07 bits per heavy atom. The molecule has 1 saturated heterocycles. The van der Waals surface area contributed by atoms with Crippen LogP contribution in [0.4, 0.5) is 22.8 Å². The molecule has 0 aromatic heterocycles. The first-order valence-corrected chi connectivity index (χ1v) is 8.83. The molecular weight excluding hydrogens is 401 g/mol. The molecule has 0 unspecified atom stereocenters. The lowest BCUT2D eigenvalue weighted by Crippen LogP contribution is -2.58. The summed E-state index contributed by atoms with van der Waals surface area (Å²) < 4.78 is 55.8. The maximum atomic E-state index is 13.1. The molecule has 2 aliphatic heterocycles. The molecule has 1 aliphatic carbocycles. The molecule has 1 aromatic rings. The Balaban J connectivity index is 1.55. The Hall–Kier alpha value is -2.49. The van der Waals surface area contributed by atoms with Gasteiger partial charge in [-0.15, -0.1) is 0 Å². The SMILES string of the molecule is [2H]C1([2H])c2cc(C(F)(F)F)c(Cl)cc2CN1C(=O)NC[C@@]1(C2CC2)NC(=O)NC1=O. The summed E-state index contributed by atoms with van der Waals surface area (Å²) >= 11 is 5.70. The molecule has 150 valence electrons. The normalized spacial score (nSPS) is 26.9. The maximum Gasteiger partial charge on any atom is 0.417 e. The molecule has 1 aromatic carbocycles. The number of nitrogens with zero attached hydrogens (tertiary/aromatic N) is 1. The van der Waals surface area contributed by atoms with Crippen molar-refractivity contribution in [3.05, 3.63) is 33.8 Å². The first-order valence-electron chi connectivity index (χ1n) is 9.45. The van der Waals surface area contributed by atoms with Crippen molar-refractivity contribution in [3.63, 3.8) is 0 Å². The number of halogens is 4. The van der Waals surface area contributed by atoms with E-state index >= 15 is 0 Å². The predicted octanol–water partition coefficient (Wildman–Crippen LogP) is 2.37. The lowest BCUT2D eigenvalue weighted by molar-refractivity contribution is -0.137. The van der Waals surface area contributed by atoms with Crippen LogP contribution in [0.1, 0.15) is 32.3 Å². The zero-order valence-corrected chi connectivity index (χ0v) is 15.0. The number of nitrogens with one attached hydrogen (secondary N) is 3. The van der Waals surface area contributed by atoms with E-state index in [1.807, 2.05) is 0 Å². The van der Waals surface area contributed by atoms with Crippen molar-refractivity contribution in [2.24, 2.45) is 5.92 Å². The quantitative estimate of drug-likeness (QED) is 0.658. The minimum Gasteiger partial charge on any atom is -0.335 e. The van der Waals surface area contributed by atoms with Crippen molar-refractivity contribution in [2.45, 2.75) is 37.6 Å². The third-order valence-corrected chi connectivity index (χ3v) is 5.40. The number of imide groups is 1. The van der Waals surface area contributed by atoms with Crippen molar-refractivity contribution in [1.29, 1.82) is 0 Å². The van der Waals surface area contributed by atoms with Gasteiger partial charge in [-0.25, -0.2) is 9.59 Å². The summed E-state index contributed by atoms with van der Waals surface area (Å²) in [5, 5.41) is 6.52. The highest BCUT2D eigenvalue weighted by atomic mass is 35.5. The van der Waals surface area contributed by atoms with Gasteiger partial charge >= 0.3 is 18.2 Å². The molecule has 0 spiro atoms. The third kappa shape index (κ3) is 3.15. The summed E-state index contributed by atoms with van der Waals surface area (Å²) in [5.41, 5.74) is -2.67. The van der Waals surface area contributed by atoms with Gasteiger partial charge in [0.1, 0.15) is 5.54 Å². The van der Waals surface area contributed by atoms with Crippen LogP contribution in [0.15, 0.2) is 12.1 Å². The summed E-state index contributed by atoms with van der Waals surface area (Å²) in [5.74, 6) is -0.741. The molecule has 0 bridgehead atoms. The van der Waals surface area contributed by atoms with Crippen molar-refractivity contribution >= 4 is 29.6 Å². The van der Waals surface area contributed by atoms with E-state index in [0.717, 1.165) is 11.0 Å². The average molecular weight is 419 g/mol. The summed E-state index contributed by atoms with van der Waals surface area (Å²) in [6, 6.07) is 0.0110. The highest BCUT2D eigenvalue weighted by Gasteiger charge is 2.56. The molecule has 28 heavy (non-hydrogen) atoms. The Morgan fingerprint density at radius 3 is 2.64 bits per heavy atom. The molecule has 3 aliphatic rings. The second kappa shape index (κ2) is 6.26. The fraction of sp³-hybridized carbons (Fsp3) is 0.471. The Kier molecular flexibility index (Phi) is 3.68. The van der Waals surface area contributed by atoms with Crippen LogP contribution in [0.25, 0.3) is 0 Å². The van der Waals surface area contributed by atoms with E-state index in [4.69, 9.17) is 14.3 Å². The van der Waals surface area contributed by atoms with E-state index in [2.05, 4.69) is 16.0 Å². The zero-order chi connectivity index (χ0) is 22.1. The number of benzene rings is 1. The summed E-state index contributed by atoms with van der Waals surface area (Å²) in [6.07, 6.45) is -3.42. The van der Waals surface area contributed by atoms with Gasteiger partial charge in [0.2, 0.25) is 0 Å². The fourth-order valence-electron chi connectivity index (χ4n) is 3.49. The molecule has 4 rings (SSSR count). The smallest absolute Gasteiger partial charge is 0.335 e. The number of alkyl halides is 3. The highest BCUT2D eigenvalue weighted by Crippen LogP contribution is 2.41. The topological polar surface area (TPSA) is 90.5 Å². The average Bonchev–Trinajstić information content (AvgIpc) is 3.38. The van der Waals surface area contributed by atoms with E-state index in [1.54, 1.807) is 0 Å². The minimum absolute atomic E-state index is 0.150. The van der Waals surface area contributed by atoms with Crippen LogP contribution in [-0.4, -0.2) is 35.0 Å². The van der Waals surface area contributed by atoms with Crippen molar-refractivity contribution in [2.75, 3.05) is 6.54 Å². The van der Waals surface area contributed by atoms with Gasteiger partial charge in [0.15, 0.2) is 0 Å². The van der Waals surface area contributed by atoms with Crippen LogP contribution in [-0.2, 0) is 24.0 Å². The number of hydrogen-bond acceptors (Lipinski definition) is 3. The number of carbonyl (C=O) groups excluding carboxylic acids is 3. The first kappa shape index (κ1) is 16.5. The monoisotopic (exact) mass is 418 g/mol. The number of amides is 5. The molecule has 2 heterocycles. The number of fused-ring (bicyclic) bond motifs is 1. The molecule has 1 saturated carbocycles. The van der Waals surface area contributed by atoms with Crippen LogP contribution in [0.2, 0.25) is 5.02 Å².